The molecule has 5 nitrogen and oxygen atoms in total. The third-order valence-electron chi connectivity index (χ3n) is 5.04. The van der Waals surface area contributed by atoms with Crippen LogP contribution in [0.4, 0.5) is 0 Å². The lowest BCUT2D eigenvalue weighted by Gasteiger charge is -2.26. The lowest BCUT2D eigenvalue weighted by atomic mass is 10.0. The molecule has 164 valence electrons. The van der Waals surface area contributed by atoms with Gasteiger partial charge in [-0.2, -0.15) is 13.1 Å². The van der Waals surface area contributed by atoms with Gasteiger partial charge in [0, 0.05) is 0 Å². The Balaban J connectivity index is 3.35. The van der Waals surface area contributed by atoms with Gasteiger partial charge in [0.1, 0.15) is 13.2 Å². The number of quaternary nitrogens is 1. The lowest BCUT2D eigenvalue weighted by molar-refractivity contribution is -1.08. The molecular weight excluding hydrogens is 362 g/mol. The van der Waals surface area contributed by atoms with Crippen LogP contribution < -0.4 is 0 Å². The average Bonchev–Trinajstić information content (AvgIpc) is 2.58. The van der Waals surface area contributed by atoms with Gasteiger partial charge in [-0.05, 0) is 19.3 Å². The minimum absolute atomic E-state index is 0.230. The zero-order valence-corrected chi connectivity index (χ0v) is 19.1. The van der Waals surface area contributed by atoms with E-state index in [0.717, 1.165) is 13.0 Å². The van der Waals surface area contributed by atoms with E-state index in [2.05, 4.69) is 6.92 Å². The Morgan fingerprint density at radius 2 is 1.11 bits per heavy atom. The van der Waals surface area contributed by atoms with Crippen LogP contribution in [0.15, 0.2) is 0 Å². The molecule has 0 rings (SSSR count). The summed E-state index contributed by atoms with van der Waals surface area (Å²) >= 11 is 0. The first-order valence-electron chi connectivity index (χ1n) is 11.2. The molecule has 0 amide bonds. The first kappa shape index (κ1) is 26.8. The lowest BCUT2D eigenvalue weighted by Crippen LogP contribution is -2.40. The van der Waals surface area contributed by atoms with E-state index in [9.17, 15) is 8.42 Å². The summed E-state index contributed by atoms with van der Waals surface area (Å²) < 4.78 is 30.5. The molecule has 0 aromatic heterocycles. The van der Waals surface area contributed by atoms with E-state index in [1.165, 1.54) is 83.5 Å². The molecule has 1 N–H and O–H groups in total. The summed E-state index contributed by atoms with van der Waals surface area (Å²) in [5.74, 6) is -0.230. The first-order valence-corrected chi connectivity index (χ1v) is 12.8. The third-order valence-corrected chi connectivity index (χ3v) is 5.84. The molecule has 0 aromatic carbocycles. The van der Waals surface area contributed by atoms with E-state index < -0.39 is 10.1 Å². The van der Waals surface area contributed by atoms with Crippen molar-refractivity contribution in [1.29, 1.82) is 0 Å². The van der Waals surface area contributed by atoms with E-state index >= 15 is 0 Å². The number of hydrogen-bond donors (Lipinski definition) is 1. The smallest absolute Gasteiger partial charge is 0.264 e. The van der Waals surface area contributed by atoms with Crippen molar-refractivity contribution in [2.75, 3.05) is 33.0 Å². The molecule has 0 aromatic rings. The highest BCUT2D eigenvalue weighted by Crippen LogP contribution is 2.13. The molecule has 0 aliphatic carbocycles. The van der Waals surface area contributed by atoms with Crippen molar-refractivity contribution >= 4 is 10.1 Å². The number of hydroxylamine groups is 3. The fourth-order valence-electron chi connectivity index (χ4n) is 3.30. The maximum Gasteiger partial charge on any atom is 0.264 e. The van der Waals surface area contributed by atoms with E-state index in [4.69, 9.17) is 9.39 Å². The molecule has 0 saturated carbocycles. The summed E-state index contributed by atoms with van der Waals surface area (Å²) in [6, 6.07) is 0. The zero-order valence-electron chi connectivity index (χ0n) is 18.3. The van der Waals surface area contributed by atoms with E-state index in [-0.39, 0.29) is 5.75 Å². The van der Waals surface area contributed by atoms with Crippen molar-refractivity contribution in [3.8, 4) is 0 Å². The number of nitrogens with zero attached hydrogens (tertiary/aromatic N) is 1. The Hall–Kier alpha value is -0.170. The maximum absolute atomic E-state index is 10.7. The van der Waals surface area contributed by atoms with Crippen LogP contribution in [0.3, 0.4) is 0 Å². The molecular formula is C21H46NO4S+. The topological polar surface area (TPSA) is 63.6 Å². The van der Waals surface area contributed by atoms with Gasteiger partial charge in [0.2, 0.25) is 0 Å². The van der Waals surface area contributed by atoms with Crippen LogP contribution in [0.5, 0.6) is 0 Å². The molecule has 0 aliphatic rings. The van der Waals surface area contributed by atoms with Gasteiger partial charge in [-0.1, -0.05) is 84.0 Å². The average molecular weight is 409 g/mol. The van der Waals surface area contributed by atoms with E-state index in [1.54, 1.807) is 0 Å². The van der Waals surface area contributed by atoms with Crippen LogP contribution in [0.2, 0.25) is 0 Å². The van der Waals surface area contributed by atoms with Crippen molar-refractivity contribution in [2.24, 2.45) is 0 Å². The highest BCUT2D eigenvalue weighted by atomic mass is 32.2. The van der Waals surface area contributed by atoms with Crippen molar-refractivity contribution in [2.45, 2.75) is 103 Å². The fraction of sp³-hybridized carbons (Fsp3) is 1.00. The molecule has 0 aliphatic heterocycles. The van der Waals surface area contributed by atoms with Crippen LogP contribution in [0.1, 0.15) is 103 Å². The molecule has 0 saturated heterocycles. The van der Waals surface area contributed by atoms with Gasteiger partial charge in [-0.15, -0.1) is 0 Å². The van der Waals surface area contributed by atoms with Crippen LogP contribution in [0, 0.1) is 0 Å². The van der Waals surface area contributed by atoms with Crippen molar-refractivity contribution < 1.29 is 22.5 Å². The van der Waals surface area contributed by atoms with Crippen molar-refractivity contribution in [3.05, 3.63) is 0 Å². The summed E-state index contributed by atoms with van der Waals surface area (Å²) in [4.78, 5) is 5.70. The number of rotatable bonds is 20. The van der Waals surface area contributed by atoms with Gasteiger partial charge < -0.3 is 0 Å². The molecule has 0 fully saturated rings. The number of unbranched alkanes of at least 4 members (excludes halogenated alkanes) is 13. The predicted octanol–water partition coefficient (Wildman–Crippen LogP) is 5.75. The summed E-state index contributed by atoms with van der Waals surface area (Å²) in [5, 5.41) is 0. The first-order chi connectivity index (χ1) is 12.8. The Bertz CT molecular complexity index is 424. The van der Waals surface area contributed by atoms with Crippen molar-refractivity contribution in [1.82, 2.24) is 0 Å². The largest absolute Gasteiger partial charge is 0.286 e. The van der Waals surface area contributed by atoms with E-state index in [1.807, 2.05) is 14.1 Å². The van der Waals surface area contributed by atoms with Gasteiger partial charge in [0.05, 0.1) is 19.8 Å². The second-order valence-electron chi connectivity index (χ2n) is 8.37. The summed E-state index contributed by atoms with van der Waals surface area (Å²) in [6.45, 7) is 3.56. The normalized spacial score (nSPS) is 12.6. The second kappa shape index (κ2) is 16.8. The number of hydrogen-bond acceptors (Lipinski definition) is 3. The van der Waals surface area contributed by atoms with Crippen molar-refractivity contribution in [3.63, 3.8) is 0 Å². The molecule has 0 radical (unpaired) electrons. The highest BCUT2D eigenvalue weighted by Gasteiger charge is 2.16. The zero-order chi connectivity index (χ0) is 20.4. The van der Waals surface area contributed by atoms with Gasteiger partial charge in [0.15, 0.2) is 0 Å². The molecule has 0 atom stereocenters. The molecule has 0 unspecified atom stereocenters. The quantitative estimate of drug-likeness (QED) is 0.120. The van der Waals surface area contributed by atoms with Crippen LogP contribution in [0.25, 0.3) is 0 Å². The summed E-state index contributed by atoms with van der Waals surface area (Å²) in [7, 11) is 0.120. The van der Waals surface area contributed by atoms with Crippen LogP contribution in [-0.4, -0.2) is 50.6 Å². The molecule has 0 heterocycles. The van der Waals surface area contributed by atoms with Gasteiger partial charge in [-0.3, -0.25) is 4.55 Å². The Morgan fingerprint density at radius 1 is 0.704 bits per heavy atom. The molecule has 0 bridgehead atoms. The van der Waals surface area contributed by atoms with Crippen LogP contribution in [-0.2, 0) is 15.0 Å². The summed E-state index contributed by atoms with van der Waals surface area (Å²) in [6.07, 6.45) is 19.3. The SMILES string of the molecule is CCCCCCCCCCCCCCCC[N+](C)(C)OCCCS(=O)(=O)O. The van der Waals surface area contributed by atoms with Gasteiger partial charge in [0.25, 0.3) is 10.1 Å². The predicted molar refractivity (Wildman–Crippen MR) is 114 cm³/mol. The molecule has 0 spiro atoms. The minimum Gasteiger partial charge on any atom is -0.286 e. The van der Waals surface area contributed by atoms with Gasteiger partial charge >= 0.3 is 0 Å². The standard InChI is InChI=1S/C21H45NO4S/c1-4-5-6-7-8-9-10-11-12-13-14-15-16-17-19-22(2,3)26-20-18-21-27(23,24)25/h4-21H2,1-3H3/p+1. The van der Waals surface area contributed by atoms with E-state index in [0.29, 0.717) is 17.7 Å². The Kier molecular flexibility index (Phi) is 16.6. The molecule has 6 heteroatoms. The monoisotopic (exact) mass is 408 g/mol. The maximum atomic E-state index is 10.7. The Morgan fingerprint density at radius 3 is 1.52 bits per heavy atom. The second-order valence-corrected chi connectivity index (χ2v) is 9.94. The minimum atomic E-state index is -3.87. The highest BCUT2D eigenvalue weighted by molar-refractivity contribution is 7.85. The third kappa shape index (κ3) is 22.0. The Labute approximate surface area is 169 Å². The molecule has 27 heavy (non-hydrogen) atoms. The van der Waals surface area contributed by atoms with Gasteiger partial charge in [-0.25, -0.2) is 4.84 Å². The fourth-order valence-corrected chi connectivity index (χ4v) is 3.79. The van der Waals surface area contributed by atoms with Crippen LogP contribution >= 0.6 is 0 Å². The summed E-state index contributed by atoms with van der Waals surface area (Å²) in [5.41, 5.74) is 0.